The van der Waals surface area contributed by atoms with Crippen molar-refractivity contribution in [1.29, 1.82) is 0 Å². The molecule has 1 aromatic rings. The monoisotopic (exact) mass is 356 g/mol. The van der Waals surface area contributed by atoms with E-state index >= 15 is 0 Å². The van der Waals surface area contributed by atoms with Crippen LogP contribution in [0.4, 0.5) is 13.2 Å². The van der Waals surface area contributed by atoms with Gasteiger partial charge in [-0.3, -0.25) is 10.1 Å². The minimum atomic E-state index is -5.06. The average Bonchev–Trinajstić information content (AvgIpc) is 2.56. The zero-order chi connectivity index (χ0) is 18.2. The molecule has 0 saturated carbocycles. The summed E-state index contributed by atoms with van der Waals surface area (Å²) in [6.45, 7) is 2.65. The van der Waals surface area contributed by atoms with E-state index in [1.807, 2.05) is 19.1 Å². The number of nitrogens with one attached hydrogen (secondary N) is 1. The maximum atomic E-state index is 12.8. The zero-order valence-electron chi connectivity index (χ0n) is 13.7. The summed E-state index contributed by atoms with van der Waals surface area (Å²) in [5.74, 6) is -2.47. The summed E-state index contributed by atoms with van der Waals surface area (Å²) in [4.78, 5) is 25.5. The van der Waals surface area contributed by atoms with Crippen LogP contribution in [0.25, 0.3) is 0 Å². The Bertz CT molecular complexity index is 690. The van der Waals surface area contributed by atoms with Crippen molar-refractivity contribution >= 4 is 11.9 Å². The lowest BCUT2D eigenvalue weighted by molar-refractivity contribution is -0.210. The number of ether oxygens (including phenoxy) is 1. The number of amides is 1. The Labute approximate surface area is 143 Å². The van der Waals surface area contributed by atoms with Gasteiger partial charge in [0.15, 0.2) is 6.23 Å². The van der Waals surface area contributed by atoms with Gasteiger partial charge < -0.3 is 9.64 Å². The van der Waals surface area contributed by atoms with Crippen molar-refractivity contribution in [2.75, 3.05) is 13.1 Å². The number of benzene rings is 1. The fourth-order valence-corrected chi connectivity index (χ4v) is 3.51. The molecule has 0 radical (unpaired) electrons. The Morgan fingerprint density at radius 3 is 2.84 bits per heavy atom. The van der Waals surface area contributed by atoms with E-state index in [9.17, 15) is 22.8 Å². The molecular weight excluding hydrogens is 337 g/mol. The standard InChI is InChI=1S/C17H19F3N2O3/c1-2-4-10-5-3-6-11-12(10)9-13-14(25-16(24)17(18,19)20)21-7-8-22(13)15(11)23/h3,5-6,13-14,21H,2,4,7-9H2,1H3. The SMILES string of the molecule is CCCc1cccc2c1CC1C(OC(=O)C(F)(F)F)NCCN1C2=O. The molecule has 1 amide bonds. The van der Waals surface area contributed by atoms with Gasteiger partial charge in [-0.15, -0.1) is 0 Å². The Morgan fingerprint density at radius 1 is 1.40 bits per heavy atom. The fraction of sp³-hybridized carbons (Fsp3) is 0.529. The van der Waals surface area contributed by atoms with Gasteiger partial charge in [-0.05, 0) is 30.0 Å². The lowest BCUT2D eigenvalue weighted by Crippen LogP contribution is -2.63. The van der Waals surface area contributed by atoms with Gasteiger partial charge in [0.2, 0.25) is 0 Å². The number of fused-ring (bicyclic) bond motifs is 2. The van der Waals surface area contributed by atoms with Crippen LogP contribution in [0.3, 0.4) is 0 Å². The van der Waals surface area contributed by atoms with Crippen LogP contribution in [-0.2, 0) is 22.4 Å². The highest BCUT2D eigenvalue weighted by molar-refractivity contribution is 5.97. The number of piperazine rings is 1. The first-order chi connectivity index (χ1) is 11.8. The van der Waals surface area contributed by atoms with E-state index < -0.39 is 24.4 Å². The molecule has 2 aliphatic heterocycles. The zero-order valence-corrected chi connectivity index (χ0v) is 13.7. The minimum Gasteiger partial charge on any atom is -0.438 e. The van der Waals surface area contributed by atoms with Crippen molar-refractivity contribution in [1.82, 2.24) is 10.2 Å². The van der Waals surface area contributed by atoms with Gasteiger partial charge in [-0.1, -0.05) is 25.5 Å². The average molecular weight is 356 g/mol. The van der Waals surface area contributed by atoms with Gasteiger partial charge >= 0.3 is 12.1 Å². The number of hydrogen-bond donors (Lipinski definition) is 1. The molecular formula is C17H19F3N2O3. The molecule has 3 rings (SSSR count). The van der Waals surface area contributed by atoms with Gasteiger partial charge in [0.05, 0.1) is 6.04 Å². The molecule has 25 heavy (non-hydrogen) atoms. The summed E-state index contributed by atoms with van der Waals surface area (Å²) in [5.41, 5.74) is 2.44. The van der Waals surface area contributed by atoms with E-state index in [4.69, 9.17) is 0 Å². The minimum absolute atomic E-state index is 0.223. The number of carbonyl (C=O) groups excluding carboxylic acids is 2. The molecule has 1 aromatic carbocycles. The van der Waals surface area contributed by atoms with Crippen molar-refractivity contribution in [2.24, 2.45) is 0 Å². The van der Waals surface area contributed by atoms with Crippen molar-refractivity contribution in [3.05, 3.63) is 34.9 Å². The van der Waals surface area contributed by atoms with Gasteiger partial charge in [0.1, 0.15) is 0 Å². The Morgan fingerprint density at radius 2 is 2.16 bits per heavy atom. The maximum Gasteiger partial charge on any atom is 0.490 e. The molecule has 0 spiro atoms. The molecule has 1 N–H and O–H groups in total. The molecule has 2 heterocycles. The largest absolute Gasteiger partial charge is 0.490 e. The van der Waals surface area contributed by atoms with Crippen LogP contribution in [0.5, 0.6) is 0 Å². The molecule has 0 bridgehead atoms. The first-order valence-electron chi connectivity index (χ1n) is 8.26. The number of halogens is 3. The number of carbonyl (C=O) groups is 2. The molecule has 1 saturated heterocycles. The molecule has 2 aliphatic rings. The van der Waals surface area contributed by atoms with Crippen molar-refractivity contribution < 1.29 is 27.5 Å². The summed E-state index contributed by atoms with van der Waals surface area (Å²) in [5, 5.41) is 2.79. The van der Waals surface area contributed by atoms with E-state index in [-0.39, 0.29) is 12.5 Å². The van der Waals surface area contributed by atoms with Crippen LogP contribution < -0.4 is 5.32 Å². The number of alkyl halides is 3. The third-order valence-corrected chi connectivity index (χ3v) is 4.61. The Kier molecular flexibility index (Phi) is 4.73. The highest BCUT2D eigenvalue weighted by atomic mass is 19.4. The maximum absolute atomic E-state index is 12.8. The second-order valence-electron chi connectivity index (χ2n) is 6.24. The van der Waals surface area contributed by atoms with Gasteiger partial charge in [-0.25, -0.2) is 4.79 Å². The van der Waals surface area contributed by atoms with Crippen molar-refractivity contribution in [3.63, 3.8) is 0 Å². The molecule has 8 heteroatoms. The van der Waals surface area contributed by atoms with Crippen LogP contribution in [-0.4, -0.2) is 48.3 Å². The Balaban J connectivity index is 1.90. The summed E-state index contributed by atoms with van der Waals surface area (Å²) in [7, 11) is 0. The molecule has 5 nitrogen and oxygen atoms in total. The van der Waals surface area contributed by atoms with Crippen LogP contribution in [0.1, 0.15) is 34.8 Å². The lowest BCUT2D eigenvalue weighted by Gasteiger charge is -2.44. The molecule has 2 atom stereocenters. The Hall–Kier alpha value is -2.09. The summed E-state index contributed by atoms with van der Waals surface area (Å²) in [6.07, 6.45) is -4.20. The van der Waals surface area contributed by atoms with Crippen LogP contribution in [0, 0.1) is 0 Å². The van der Waals surface area contributed by atoms with Crippen LogP contribution >= 0.6 is 0 Å². The number of nitrogens with zero attached hydrogens (tertiary/aromatic N) is 1. The highest BCUT2D eigenvalue weighted by Crippen LogP contribution is 2.30. The van der Waals surface area contributed by atoms with Gasteiger partial charge in [-0.2, -0.15) is 13.2 Å². The lowest BCUT2D eigenvalue weighted by atomic mass is 9.86. The summed E-state index contributed by atoms with van der Waals surface area (Å²) in [6, 6.07) is 4.85. The fourth-order valence-electron chi connectivity index (χ4n) is 3.51. The van der Waals surface area contributed by atoms with Crippen molar-refractivity contribution in [2.45, 2.75) is 44.6 Å². The molecule has 2 unspecified atom stereocenters. The quantitative estimate of drug-likeness (QED) is 0.842. The first kappa shape index (κ1) is 17.7. The molecule has 0 aromatic heterocycles. The van der Waals surface area contributed by atoms with Gasteiger partial charge in [0, 0.05) is 18.7 Å². The molecule has 1 fully saturated rings. The topological polar surface area (TPSA) is 58.6 Å². The first-order valence-corrected chi connectivity index (χ1v) is 8.26. The second kappa shape index (κ2) is 6.67. The second-order valence-corrected chi connectivity index (χ2v) is 6.24. The van der Waals surface area contributed by atoms with Crippen LogP contribution in [0.15, 0.2) is 18.2 Å². The van der Waals surface area contributed by atoms with Crippen molar-refractivity contribution in [3.8, 4) is 0 Å². The predicted octanol–water partition coefficient (Wildman–Crippen LogP) is 2.04. The van der Waals surface area contributed by atoms with E-state index in [0.29, 0.717) is 18.5 Å². The number of rotatable bonds is 3. The third kappa shape index (κ3) is 3.35. The van der Waals surface area contributed by atoms with Crippen LogP contribution in [0.2, 0.25) is 0 Å². The van der Waals surface area contributed by atoms with E-state index in [1.165, 1.54) is 4.90 Å². The number of esters is 1. The summed E-state index contributed by atoms with van der Waals surface area (Å²) < 4.78 is 42.2. The molecule has 0 aliphatic carbocycles. The normalized spacial score (nSPS) is 23.0. The van der Waals surface area contributed by atoms with E-state index in [1.54, 1.807) is 6.07 Å². The molecule has 136 valence electrons. The highest BCUT2D eigenvalue weighted by Gasteiger charge is 2.47. The van der Waals surface area contributed by atoms with Gasteiger partial charge in [0.25, 0.3) is 5.91 Å². The number of hydrogen-bond acceptors (Lipinski definition) is 4. The smallest absolute Gasteiger partial charge is 0.438 e. The predicted molar refractivity (Wildman–Crippen MR) is 82.9 cm³/mol. The van der Waals surface area contributed by atoms with E-state index in [0.717, 1.165) is 24.0 Å². The summed E-state index contributed by atoms with van der Waals surface area (Å²) >= 11 is 0. The number of aryl methyl sites for hydroxylation is 1. The van der Waals surface area contributed by atoms with E-state index in [2.05, 4.69) is 10.1 Å². The third-order valence-electron chi connectivity index (χ3n) is 4.61.